The van der Waals surface area contributed by atoms with Crippen LogP contribution >= 0.6 is 0 Å². The van der Waals surface area contributed by atoms with E-state index in [1.165, 1.54) is 0 Å². The van der Waals surface area contributed by atoms with Gasteiger partial charge in [-0.2, -0.15) is 0 Å². The van der Waals surface area contributed by atoms with Gasteiger partial charge in [-0.3, -0.25) is 10.2 Å². The number of hydrogen-bond donors (Lipinski definition) is 3. The number of nitrogens with one attached hydrogen (secondary N) is 2. The lowest BCUT2D eigenvalue weighted by Gasteiger charge is -2.31. The second-order valence-corrected chi connectivity index (χ2v) is 9.90. The maximum atomic E-state index is 14.0. The summed E-state index contributed by atoms with van der Waals surface area (Å²) in [5, 5.41) is 9.00. The van der Waals surface area contributed by atoms with Gasteiger partial charge in [0.2, 0.25) is 5.90 Å². The number of rotatable bonds is 14. The molecule has 0 spiro atoms. The predicted octanol–water partition coefficient (Wildman–Crippen LogP) is 3.52. The normalized spacial score (nSPS) is 18.5. The first kappa shape index (κ1) is 28.3. The van der Waals surface area contributed by atoms with Gasteiger partial charge in [0.25, 0.3) is 5.91 Å². The van der Waals surface area contributed by atoms with Crippen LogP contribution in [-0.4, -0.2) is 67.7 Å². The van der Waals surface area contributed by atoms with Gasteiger partial charge in [-0.05, 0) is 62.5 Å². The minimum Gasteiger partial charge on any atom is -0.494 e. The molecule has 8 nitrogen and oxygen atoms in total. The zero-order valence-corrected chi connectivity index (χ0v) is 22.7. The molecule has 0 aromatic heterocycles. The van der Waals surface area contributed by atoms with Crippen molar-refractivity contribution in [3.05, 3.63) is 102 Å². The van der Waals surface area contributed by atoms with Crippen LogP contribution in [0, 0.1) is 0 Å². The lowest BCUT2D eigenvalue weighted by atomic mass is 9.82. The standard InChI is InChI=1S/C31H38N4O4/c1-35(2)20-9-19-32-34-30(37)31(23-24-11-5-3-6-12-24)28(25-13-7-4-8-14-25)39-29(33-31)26-15-17-27(18-16-26)38-22-10-21-36/h3-8,11-18,28,32,36H,9-10,19-23H2,1-2H3,(H,34,37)/t28-,31-/m0/s1. The molecule has 0 saturated heterocycles. The van der Waals surface area contributed by atoms with Crippen LogP contribution in [0.5, 0.6) is 5.75 Å². The van der Waals surface area contributed by atoms with Crippen LogP contribution in [0.3, 0.4) is 0 Å². The Morgan fingerprint density at radius 2 is 1.69 bits per heavy atom. The number of ether oxygens (including phenoxy) is 2. The Kier molecular flexibility index (Phi) is 10.1. The molecule has 1 aliphatic rings. The third kappa shape index (κ3) is 7.44. The van der Waals surface area contributed by atoms with Crippen molar-refractivity contribution in [3.63, 3.8) is 0 Å². The van der Waals surface area contributed by atoms with E-state index < -0.39 is 11.6 Å². The van der Waals surface area contributed by atoms with Gasteiger partial charge < -0.3 is 19.5 Å². The second kappa shape index (κ2) is 13.9. The van der Waals surface area contributed by atoms with Gasteiger partial charge in [0.1, 0.15) is 5.75 Å². The summed E-state index contributed by atoms with van der Waals surface area (Å²) in [6, 6.07) is 27.1. The average molecular weight is 531 g/mol. The molecule has 3 aromatic carbocycles. The molecule has 0 radical (unpaired) electrons. The number of nitrogens with zero attached hydrogens (tertiary/aromatic N) is 2. The molecule has 1 heterocycles. The summed E-state index contributed by atoms with van der Waals surface area (Å²) in [5.74, 6) is 0.856. The molecule has 39 heavy (non-hydrogen) atoms. The van der Waals surface area contributed by atoms with Gasteiger partial charge in [-0.15, -0.1) is 0 Å². The van der Waals surface area contributed by atoms with E-state index in [-0.39, 0.29) is 12.5 Å². The van der Waals surface area contributed by atoms with Crippen LogP contribution in [0.25, 0.3) is 0 Å². The Morgan fingerprint density at radius 1 is 1.00 bits per heavy atom. The average Bonchev–Trinajstić information content (AvgIpc) is 3.34. The summed E-state index contributed by atoms with van der Waals surface area (Å²) in [7, 11) is 4.05. The summed E-state index contributed by atoms with van der Waals surface area (Å²) in [4.78, 5) is 21.2. The summed E-state index contributed by atoms with van der Waals surface area (Å²) in [6.45, 7) is 2.07. The van der Waals surface area contributed by atoms with Gasteiger partial charge >= 0.3 is 0 Å². The van der Waals surface area contributed by atoms with Crippen LogP contribution in [0.15, 0.2) is 89.9 Å². The molecule has 0 saturated carbocycles. The van der Waals surface area contributed by atoms with E-state index in [0.717, 1.165) is 29.7 Å². The molecular formula is C31H38N4O4. The SMILES string of the molecule is CN(C)CCCNNC(=O)[C@@]1(Cc2ccccc2)N=C(c2ccc(OCCCO)cc2)O[C@H]1c1ccccc1. The lowest BCUT2D eigenvalue weighted by molar-refractivity contribution is -0.130. The number of hydrazine groups is 1. The molecule has 1 amide bonds. The quantitative estimate of drug-likeness (QED) is 0.218. The van der Waals surface area contributed by atoms with Gasteiger partial charge in [0.05, 0.1) is 6.61 Å². The van der Waals surface area contributed by atoms with Crippen LogP contribution in [-0.2, 0) is 16.0 Å². The molecule has 206 valence electrons. The Balaban J connectivity index is 1.66. The van der Waals surface area contributed by atoms with E-state index in [9.17, 15) is 4.79 Å². The maximum Gasteiger partial charge on any atom is 0.266 e. The van der Waals surface area contributed by atoms with Crippen LogP contribution in [0.4, 0.5) is 0 Å². The van der Waals surface area contributed by atoms with Crippen molar-refractivity contribution in [1.82, 2.24) is 15.8 Å². The number of carbonyl (C=O) groups is 1. The molecule has 3 aromatic rings. The maximum absolute atomic E-state index is 14.0. The van der Waals surface area contributed by atoms with Crippen molar-refractivity contribution >= 4 is 11.8 Å². The number of aliphatic hydroxyl groups is 1. The fourth-order valence-electron chi connectivity index (χ4n) is 4.55. The van der Waals surface area contributed by atoms with Crippen LogP contribution in [0.2, 0.25) is 0 Å². The van der Waals surface area contributed by atoms with Crippen molar-refractivity contribution in [2.45, 2.75) is 30.9 Å². The van der Waals surface area contributed by atoms with Crippen molar-refractivity contribution in [2.24, 2.45) is 4.99 Å². The van der Waals surface area contributed by atoms with Gasteiger partial charge in [0, 0.05) is 31.6 Å². The van der Waals surface area contributed by atoms with E-state index in [4.69, 9.17) is 19.6 Å². The predicted molar refractivity (Wildman–Crippen MR) is 153 cm³/mol. The Hall–Kier alpha value is -3.72. The number of aliphatic hydroxyl groups excluding tert-OH is 1. The summed E-state index contributed by atoms with van der Waals surface area (Å²) in [6.07, 6.45) is 1.19. The first-order valence-corrected chi connectivity index (χ1v) is 13.4. The third-order valence-electron chi connectivity index (χ3n) is 6.56. The van der Waals surface area contributed by atoms with Crippen molar-refractivity contribution < 1.29 is 19.4 Å². The minimum atomic E-state index is -1.23. The fourth-order valence-corrected chi connectivity index (χ4v) is 4.55. The fraction of sp³-hybridized carbons (Fsp3) is 0.355. The van der Waals surface area contributed by atoms with Gasteiger partial charge in [-0.1, -0.05) is 60.7 Å². The summed E-state index contributed by atoms with van der Waals surface area (Å²) >= 11 is 0. The zero-order chi connectivity index (χ0) is 27.5. The smallest absolute Gasteiger partial charge is 0.266 e. The highest BCUT2D eigenvalue weighted by molar-refractivity contribution is 6.01. The lowest BCUT2D eigenvalue weighted by Crippen LogP contribution is -2.54. The number of benzene rings is 3. The number of carbonyl (C=O) groups excluding carboxylic acids is 1. The topological polar surface area (TPSA) is 95.4 Å². The number of amides is 1. The summed E-state index contributed by atoms with van der Waals surface area (Å²) < 4.78 is 12.2. The number of hydrogen-bond acceptors (Lipinski definition) is 7. The largest absolute Gasteiger partial charge is 0.494 e. The third-order valence-corrected chi connectivity index (χ3v) is 6.56. The molecule has 3 N–H and O–H groups in total. The van der Waals surface area contributed by atoms with Gasteiger partial charge in [-0.25, -0.2) is 10.4 Å². The first-order chi connectivity index (χ1) is 19.0. The van der Waals surface area contributed by atoms with E-state index in [0.29, 0.717) is 37.6 Å². The molecule has 0 unspecified atom stereocenters. The van der Waals surface area contributed by atoms with Crippen molar-refractivity contribution in [3.8, 4) is 5.75 Å². The molecule has 8 heteroatoms. The van der Waals surface area contributed by atoms with Crippen LogP contribution < -0.4 is 15.6 Å². The molecule has 0 aliphatic carbocycles. The van der Waals surface area contributed by atoms with E-state index in [2.05, 4.69) is 15.8 Å². The Morgan fingerprint density at radius 3 is 2.36 bits per heavy atom. The molecule has 1 aliphatic heterocycles. The highest BCUT2D eigenvalue weighted by Gasteiger charge is 2.53. The van der Waals surface area contributed by atoms with E-state index >= 15 is 0 Å². The number of aliphatic imine (C=N–C) groups is 1. The highest BCUT2D eigenvalue weighted by atomic mass is 16.5. The minimum absolute atomic E-state index is 0.0830. The van der Waals surface area contributed by atoms with Gasteiger partial charge in [0.15, 0.2) is 11.6 Å². The summed E-state index contributed by atoms with van der Waals surface area (Å²) in [5.41, 5.74) is 7.42. The Bertz CT molecular complexity index is 1200. The van der Waals surface area contributed by atoms with Crippen molar-refractivity contribution in [2.75, 3.05) is 40.4 Å². The first-order valence-electron chi connectivity index (χ1n) is 13.4. The van der Waals surface area contributed by atoms with E-state index in [1.54, 1.807) is 0 Å². The molecule has 0 fully saturated rings. The monoisotopic (exact) mass is 530 g/mol. The molecule has 2 atom stereocenters. The molecule has 0 bridgehead atoms. The Labute approximate surface area is 230 Å². The molecular weight excluding hydrogens is 492 g/mol. The van der Waals surface area contributed by atoms with E-state index in [1.807, 2.05) is 99.0 Å². The molecule has 4 rings (SSSR count). The second-order valence-electron chi connectivity index (χ2n) is 9.90. The highest BCUT2D eigenvalue weighted by Crippen LogP contribution is 2.42. The van der Waals surface area contributed by atoms with Crippen molar-refractivity contribution in [1.29, 1.82) is 0 Å². The zero-order valence-electron chi connectivity index (χ0n) is 22.7. The van der Waals surface area contributed by atoms with Crippen LogP contribution in [0.1, 0.15) is 35.6 Å².